The molecule has 6 heteroatoms. The molecule has 1 heterocycles. The molecule has 1 aromatic heterocycles. The van der Waals surface area contributed by atoms with Gasteiger partial charge in [0.1, 0.15) is 5.15 Å². The molecule has 0 unspecified atom stereocenters. The van der Waals surface area contributed by atoms with Gasteiger partial charge in [0.05, 0.1) is 18.0 Å². The molecule has 0 saturated heterocycles. The number of benzene rings is 1. The van der Waals surface area contributed by atoms with Gasteiger partial charge in [-0.25, -0.2) is 4.68 Å². The van der Waals surface area contributed by atoms with E-state index in [0.717, 1.165) is 42.6 Å². The normalized spacial score (nSPS) is 14.4. The quantitative estimate of drug-likeness (QED) is 0.729. The Kier molecular flexibility index (Phi) is 5.59. The zero-order valence-electron chi connectivity index (χ0n) is 13.2. The highest BCUT2D eigenvalue weighted by Crippen LogP contribution is 2.28. The summed E-state index contributed by atoms with van der Waals surface area (Å²) in [6.45, 7) is 5.08. The van der Waals surface area contributed by atoms with Gasteiger partial charge in [-0.3, -0.25) is 0 Å². The van der Waals surface area contributed by atoms with Gasteiger partial charge in [-0.05, 0) is 43.9 Å². The summed E-state index contributed by atoms with van der Waals surface area (Å²) in [7, 11) is 0. The Morgan fingerprint density at radius 3 is 2.91 bits per heavy atom. The highest BCUT2D eigenvalue weighted by atomic mass is 35.5. The molecular weight excluding hydrogens is 333 g/mol. The number of hydrogen-bond acceptors (Lipinski definition) is 3. The molecule has 23 heavy (non-hydrogen) atoms. The molecule has 0 bridgehead atoms. The van der Waals surface area contributed by atoms with E-state index in [9.17, 15) is 0 Å². The van der Waals surface area contributed by atoms with E-state index in [4.69, 9.17) is 27.9 Å². The molecule has 1 saturated carbocycles. The van der Waals surface area contributed by atoms with Gasteiger partial charge in [0.2, 0.25) is 0 Å². The van der Waals surface area contributed by atoms with Crippen LogP contribution in [0.2, 0.25) is 10.2 Å². The summed E-state index contributed by atoms with van der Waals surface area (Å²) in [5.41, 5.74) is 2.79. The van der Waals surface area contributed by atoms with Crippen LogP contribution in [-0.4, -0.2) is 29.5 Å². The van der Waals surface area contributed by atoms with Gasteiger partial charge < -0.3 is 10.1 Å². The van der Waals surface area contributed by atoms with Crippen molar-refractivity contribution in [1.29, 1.82) is 0 Å². The molecule has 0 atom stereocenters. The summed E-state index contributed by atoms with van der Waals surface area (Å²) in [5.74, 6) is 0.808. The summed E-state index contributed by atoms with van der Waals surface area (Å²) in [6.07, 6.45) is 2.65. The van der Waals surface area contributed by atoms with E-state index >= 15 is 0 Å². The molecule has 124 valence electrons. The van der Waals surface area contributed by atoms with E-state index in [1.165, 1.54) is 12.8 Å². The van der Waals surface area contributed by atoms with Gasteiger partial charge in [0.25, 0.3) is 0 Å². The summed E-state index contributed by atoms with van der Waals surface area (Å²) < 4.78 is 7.34. The lowest BCUT2D eigenvalue weighted by Gasteiger charge is -2.06. The second kappa shape index (κ2) is 7.67. The first-order chi connectivity index (χ1) is 11.1. The van der Waals surface area contributed by atoms with Crippen molar-refractivity contribution in [2.75, 3.05) is 19.8 Å². The number of ether oxygens (including phenoxy) is 1. The number of aryl methyl sites for hydroxylation is 1. The fourth-order valence-electron chi connectivity index (χ4n) is 2.40. The Balaban J connectivity index is 1.57. The van der Waals surface area contributed by atoms with E-state index < -0.39 is 0 Å². The highest BCUT2D eigenvalue weighted by molar-refractivity contribution is 6.31. The van der Waals surface area contributed by atoms with E-state index in [1.807, 2.05) is 31.2 Å². The molecule has 1 aliphatic carbocycles. The van der Waals surface area contributed by atoms with E-state index in [1.54, 1.807) is 4.68 Å². The number of nitrogens with zero attached hydrogens (tertiary/aromatic N) is 2. The summed E-state index contributed by atoms with van der Waals surface area (Å²) in [5, 5.41) is 9.18. The third-order valence-electron chi connectivity index (χ3n) is 3.95. The van der Waals surface area contributed by atoms with Gasteiger partial charge >= 0.3 is 0 Å². The van der Waals surface area contributed by atoms with Crippen molar-refractivity contribution >= 4 is 23.2 Å². The summed E-state index contributed by atoms with van der Waals surface area (Å²) >= 11 is 12.5. The maximum absolute atomic E-state index is 6.49. The van der Waals surface area contributed by atoms with Gasteiger partial charge in [0, 0.05) is 30.3 Å². The Hall–Kier alpha value is -1.07. The Morgan fingerprint density at radius 2 is 2.17 bits per heavy atom. The average molecular weight is 354 g/mol. The molecule has 1 N–H and O–H groups in total. The fraction of sp³-hybridized carbons (Fsp3) is 0.471. The molecule has 0 spiro atoms. The van der Waals surface area contributed by atoms with E-state index in [0.29, 0.717) is 16.7 Å². The van der Waals surface area contributed by atoms with Crippen molar-refractivity contribution in [3.63, 3.8) is 0 Å². The number of hydrogen-bond donors (Lipinski definition) is 1. The summed E-state index contributed by atoms with van der Waals surface area (Å²) in [6, 6.07) is 7.51. The van der Waals surface area contributed by atoms with Crippen LogP contribution in [-0.2, 0) is 11.3 Å². The van der Waals surface area contributed by atoms with Crippen LogP contribution >= 0.6 is 23.2 Å². The molecule has 0 amide bonds. The Morgan fingerprint density at radius 1 is 1.35 bits per heavy atom. The molecule has 1 aliphatic rings. The van der Waals surface area contributed by atoms with Crippen LogP contribution in [0.4, 0.5) is 0 Å². The lowest BCUT2D eigenvalue weighted by atomic mass is 10.2. The minimum Gasteiger partial charge on any atom is -0.380 e. The molecule has 2 aromatic rings. The van der Waals surface area contributed by atoms with Crippen LogP contribution in [0.15, 0.2) is 24.3 Å². The van der Waals surface area contributed by atoms with Crippen molar-refractivity contribution in [2.24, 2.45) is 5.92 Å². The number of halogens is 2. The van der Waals surface area contributed by atoms with Crippen LogP contribution < -0.4 is 5.32 Å². The van der Waals surface area contributed by atoms with Gasteiger partial charge in [-0.2, -0.15) is 5.10 Å². The van der Waals surface area contributed by atoms with Crippen LogP contribution in [0, 0.1) is 12.8 Å². The monoisotopic (exact) mass is 353 g/mol. The van der Waals surface area contributed by atoms with Crippen molar-refractivity contribution in [3.8, 4) is 5.69 Å². The van der Waals surface area contributed by atoms with E-state index in [-0.39, 0.29) is 0 Å². The SMILES string of the molecule is Cc1nn(-c2cccc(Cl)c2)c(Cl)c1CNCCOCC1CC1. The third kappa shape index (κ3) is 4.48. The fourth-order valence-corrected chi connectivity index (χ4v) is 2.93. The Bertz CT molecular complexity index is 668. The second-order valence-corrected chi connectivity index (χ2v) is 6.74. The molecule has 0 radical (unpaired) electrons. The largest absolute Gasteiger partial charge is 0.380 e. The zero-order valence-corrected chi connectivity index (χ0v) is 14.7. The molecule has 4 nitrogen and oxygen atoms in total. The standard InChI is InChI=1S/C17H21Cl2N3O/c1-12-16(10-20-7-8-23-11-13-5-6-13)17(19)22(21-12)15-4-2-3-14(18)9-15/h2-4,9,13,20H,5-8,10-11H2,1H3. The molecule has 0 aliphatic heterocycles. The minimum atomic E-state index is 0.621. The third-order valence-corrected chi connectivity index (χ3v) is 4.57. The first kappa shape index (κ1) is 16.8. The maximum atomic E-state index is 6.49. The van der Waals surface area contributed by atoms with Gasteiger partial charge in [-0.15, -0.1) is 0 Å². The lowest BCUT2D eigenvalue weighted by molar-refractivity contribution is 0.126. The second-order valence-electron chi connectivity index (χ2n) is 5.94. The van der Waals surface area contributed by atoms with Crippen LogP contribution in [0.25, 0.3) is 5.69 Å². The van der Waals surface area contributed by atoms with Crippen LogP contribution in [0.3, 0.4) is 0 Å². The highest BCUT2D eigenvalue weighted by Gasteiger charge is 2.20. The molecular formula is C17H21Cl2N3O. The molecule has 3 rings (SSSR count). The Labute approximate surface area is 146 Å². The van der Waals surface area contributed by atoms with Gasteiger partial charge in [-0.1, -0.05) is 29.3 Å². The zero-order chi connectivity index (χ0) is 16.2. The predicted octanol–water partition coefficient (Wildman–Crippen LogP) is 4.00. The van der Waals surface area contributed by atoms with Crippen molar-refractivity contribution in [1.82, 2.24) is 15.1 Å². The lowest BCUT2D eigenvalue weighted by Crippen LogP contribution is -2.20. The van der Waals surface area contributed by atoms with E-state index in [2.05, 4.69) is 10.4 Å². The number of rotatable bonds is 8. The first-order valence-corrected chi connectivity index (χ1v) is 8.69. The topological polar surface area (TPSA) is 39.1 Å². The van der Waals surface area contributed by atoms with Crippen molar-refractivity contribution < 1.29 is 4.74 Å². The minimum absolute atomic E-state index is 0.621. The van der Waals surface area contributed by atoms with Crippen LogP contribution in [0.1, 0.15) is 24.1 Å². The van der Waals surface area contributed by atoms with Gasteiger partial charge in [0.15, 0.2) is 0 Å². The number of nitrogens with one attached hydrogen (secondary N) is 1. The smallest absolute Gasteiger partial charge is 0.137 e. The first-order valence-electron chi connectivity index (χ1n) is 7.93. The number of aromatic nitrogens is 2. The summed E-state index contributed by atoms with van der Waals surface area (Å²) in [4.78, 5) is 0. The maximum Gasteiger partial charge on any atom is 0.137 e. The van der Waals surface area contributed by atoms with Crippen molar-refractivity contribution in [3.05, 3.63) is 45.7 Å². The van der Waals surface area contributed by atoms with Crippen molar-refractivity contribution in [2.45, 2.75) is 26.3 Å². The molecule has 1 fully saturated rings. The van der Waals surface area contributed by atoms with Crippen LogP contribution in [0.5, 0.6) is 0 Å². The average Bonchev–Trinajstić information content (AvgIpc) is 3.30. The molecule has 1 aromatic carbocycles. The predicted molar refractivity (Wildman–Crippen MR) is 93.6 cm³/mol.